The number of hydrogen-bond donors (Lipinski definition) is 1. The van der Waals surface area contributed by atoms with Crippen LogP contribution in [-0.4, -0.2) is 14.9 Å². The standard InChI is InChI=1S/C11H16N2O/c1-4-5-6-7-11(14)10-8-12-13(3)9(10)2/h1,8,11,14H,5-7H2,2-3H3. The molecule has 1 aromatic heterocycles. The third-order valence-corrected chi connectivity index (χ3v) is 2.43. The Hall–Kier alpha value is -1.27. The highest BCUT2D eigenvalue weighted by atomic mass is 16.3. The summed E-state index contributed by atoms with van der Waals surface area (Å²) in [6.07, 6.45) is 8.70. The van der Waals surface area contributed by atoms with E-state index >= 15 is 0 Å². The molecule has 0 saturated heterocycles. The molecule has 0 aliphatic heterocycles. The van der Waals surface area contributed by atoms with E-state index in [0.29, 0.717) is 6.42 Å². The number of aliphatic hydroxyl groups is 1. The largest absolute Gasteiger partial charge is 0.388 e. The Balaban J connectivity index is 2.57. The Morgan fingerprint density at radius 3 is 2.93 bits per heavy atom. The van der Waals surface area contributed by atoms with E-state index in [-0.39, 0.29) is 0 Å². The van der Waals surface area contributed by atoms with Crippen LogP contribution in [0.2, 0.25) is 0 Å². The van der Waals surface area contributed by atoms with E-state index in [1.54, 1.807) is 10.9 Å². The lowest BCUT2D eigenvalue weighted by Crippen LogP contribution is -2.00. The molecule has 1 N–H and O–H groups in total. The fraction of sp³-hybridized carbons (Fsp3) is 0.545. The van der Waals surface area contributed by atoms with Crippen LogP contribution in [0.4, 0.5) is 0 Å². The fourth-order valence-corrected chi connectivity index (χ4v) is 1.40. The Bertz CT molecular complexity index is 336. The van der Waals surface area contributed by atoms with Crippen LogP contribution in [-0.2, 0) is 7.05 Å². The predicted molar refractivity (Wildman–Crippen MR) is 55.6 cm³/mol. The van der Waals surface area contributed by atoms with Gasteiger partial charge >= 0.3 is 0 Å². The lowest BCUT2D eigenvalue weighted by atomic mass is 10.1. The maximum atomic E-state index is 9.82. The predicted octanol–water partition coefficient (Wildman–Crippen LogP) is 1.57. The van der Waals surface area contributed by atoms with Gasteiger partial charge in [-0.3, -0.25) is 4.68 Å². The van der Waals surface area contributed by atoms with Crippen molar-refractivity contribution in [1.82, 2.24) is 9.78 Å². The third-order valence-electron chi connectivity index (χ3n) is 2.43. The zero-order valence-electron chi connectivity index (χ0n) is 8.70. The van der Waals surface area contributed by atoms with Crippen molar-refractivity contribution >= 4 is 0 Å². The normalized spacial score (nSPS) is 12.4. The van der Waals surface area contributed by atoms with Crippen molar-refractivity contribution < 1.29 is 5.11 Å². The molecule has 0 bridgehead atoms. The number of rotatable bonds is 4. The van der Waals surface area contributed by atoms with E-state index in [9.17, 15) is 5.11 Å². The Morgan fingerprint density at radius 1 is 1.71 bits per heavy atom. The van der Waals surface area contributed by atoms with E-state index in [0.717, 1.165) is 24.1 Å². The van der Waals surface area contributed by atoms with Crippen molar-refractivity contribution in [3.63, 3.8) is 0 Å². The monoisotopic (exact) mass is 192 g/mol. The summed E-state index contributed by atoms with van der Waals surface area (Å²) in [5.74, 6) is 2.56. The molecule has 76 valence electrons. The van der Waals surface area contributed by atoms with E-state index in [1.807, 2.05) is 14.0 Å². The first kappa shape index (κ1) is 10.8. The van der Waals surface area contributed by atoms with Crippen molar-refractivity contribution in [2.24, 2.45) is 7.05 Å². The van der Waals surface area contributed by atoms with Crippen LogP contribution >= 0.6 is 0 Å². The molecule has 1 unspecified atom stereocenters. The van der Waals surface area contributed by atoms with Gasteiger partial charge < -0.3 is 5.11 Å². The highest BCUT2D eigenvalue weighted by Gasteiger charge is 2.12. The van der Waals surface area contributed by atoms with Crippen molar-refractivity contribution in [2.75, 3.05) is 0 Å². The number of aliphatic hydroxyl groups excluding tert-OH is 1. The molecule has 0 aliphatic rings. The molecule has 0 aliphatic carbocycles. The molecule has 0 fully saturated rings. The molecule has 1 aromatic rings. The van der Waals surface area contributed by atoms with Gasteiger partial charge in [0.05, 0.1) is 12.3 Å². The van der Waals surface area contributed by atoms with Crippen molar-refractivity contribution in [1.29, 1.82) is 0 Å². The van der Waals surface area contributed by atoms with Crippen LogP contribution in [0.25, 0.3) is 0 Å². The summed E-state index contributed by atoms with van der Waals surface area (Å²) in [5, 5.41) is 13.9. The van der Waals surface area contributed by atoms with E-state index in [4.69, 9.17) is 6.42 Å². The number of hydrogen-bond acceptors (Lipinski definition) is 2. The second kappa shape index (κ2) is 4.83. The van der Waals surface area contributed by atoms with Crippen LogP contribution < -0.4 is 0 Å². The molecule has 1 rings (SSSR count). The minimum atomic E-state index is -0.433. The second-order valence-electron chi connectivity index (χ2n) is 3.42. The first-order chi connectivity index (χ1) is 6.66. The van der Waals surface area contributed by atoms with Gasteiger partial charge in [-0.1, -0.05) is 0 Å². The van der Waals surface area contributed by atoms with Gasteiger partial charge in [-0.25, -0.2) is 0 Å². The van der Waals surface area contributed by atoms with Crippen molar-refractivity contribution in [3.05, 3.63) is 17.5 Å². The minimum absolute atomic E-state index is 0.433. The molecular formula is C11H16N2O. The quantitative estimate of drug-likeness (QED) is 0.581. The van der Waals surface area contributed by atoms with Gasteiger partial charge in [-0.15, -0.1) is 12.3 Å². The summed E-state index contributed by atoms with van der Waals surface area (Å²) >= 11 is 0. The van der Waals surface area contributed by atoms with Gasteiger partial charge in [0.2, 0.25) is 0 Å². The van der Waals surface area contributed by atoms with Gasteiger partial charge in [0.15, 0.2) is 0 Å². The van der Waals surface area contributed by atoms with E-state index in [2.05, 4.69) is 11.0 Å². The average Bonchev–Trinajstić information content (AvgIpc) is 2.48. The number of nitrogens with zero attached hydrogens (tertiary/aromatic N) is 2. The average molecular weight is 192 g/mol. The molecule has 0 radical (unpaired) electrons. The molecule has 0 aromatic carbocycles. The molecule has 1 heterocycles. The summed E-state index contributed by atoms with van der Waals surface area (Å²) in [5.41, 5.74) is 1.92. The van der Waals surface area contributed by atoms with Crippen molar-refractivity contribution in [3.8, 4) is 12.3 Å². The van der Waals surface area contributed by atoms with E-state index < -0.39 is 6.10 Å². The maximum Gasteiger partial charge on any atom is 0.0823 e. The van der Waals surface area contributed by atoms with Crippen LogP contribution in [0.15, 0.2) is 6.20 Å². The smallest absolute Gasteiger partial charge is 0.0823 e. The number of aromatic nitrogens is 2. The number of aryl methyl sites for hydroxylation is 1. The van der Waals surface area contributed by atoms with Crippen LogP contribution in [0.1, 0.15) is 36.6 Å². The van der Waals surface area contributed by atoms with Crippen LogP contribution in [0.5, 0.6) is 0 Å². The van der Waals surface area contributed by atoms with Crippen LogP contribution in [0.3, 0.4) is 0 Å². The number of unbranched alkanes of at least 4 members (excludes halogenated alkanes) is 1. The molecular weight excluding hydrogens is 176 g/mol. The summed E-state index contributed by atoms with van der Waals surface area (Å²) in [6, 6.07) is 0. The van der Waals surface area contributed by atoms with Gasteiger partial charge in [0.25, 0.3) is 0 Å². The maximum absolute atomic E-state index is 9.82. The topological polar surface area (TPSA) is 38.1 Å². The van der Waals surface area contributed by atoms with E-state index in [1.165, 1.54) is 0 Å². The first-order valence-electron chi connectivity index (χ1n) is 4.77. The summed E-state index contributed by atoms with van der Waals surface area (Å²) in [6.45, 7) is 1.95. The lowest BCUT2D eigenvalue weighted by Gasteiger charge is -2.08. The molecule has 0 spiro atoms. The van der Waals surface area contributed by atoms with Gasteiger partial charge in [-0.2, -0.15) is 5.10 Å². The molecule has 3 nitrogen and oxygen atoms in total. The van der Waals surface area contributed by atoms with Gasteiger partial charge in [-0.05, 0) is 19.8 Å². The Labute approximate surface area is 84.8 Å². The SMILES string of the molecule is C#CCCCC(O)c1cnn(C)c1C. The zero-order valence-corrected chi connectivity index (χ0v) is 8.70. The second-order valence-corrected chi connectivity index (χ2v) is 3.42. The zero-order chi connectivity index (χ0) is 10.6. The third kappa shape index (κ3) is 2.36. The first-order valence-corrected chi connectivity index (χ1v) is 4.77. The van der Waals surface area contributed by atoms with Crippen LogP contribution in [0, 0.1) is 19.3 Å². The summed E-state index contributed by atoms with van der Waals surface area (Å²) < 4.78 is 1.76. The highest BCUT2D eigenvalue weighted by Crippen LogP contribution is 2.21. The Morgan fingerprint density at radius 2 is 2.43 bits per heavy atom. The summed E-state index contributed by atoms with van der Waals surface area (Å²) in [4.78, 5) is 0. The molecule has 0 amide bonds. The van der Waals surface area contributed by atoms with Gasteiger partial charge in [0, 0.05) is 24.7 Å². The molecule has 14 heavy (non-hydrogen) atoms. The minimum Gasteiger partial charge on any atom is -0.388 e. The Kier molecular flexibility index (Phi) is 3.73. The summed E-state index contributed by atoms with van der Waals surface area (Å²) in [7, 11) is 1.87. The highest BCUT2D eigenvalue weighted by molar-refractivity contribution is 5.18. The lowest BCUT2D eigenvalue weighted by molar-refractivity contribution is 0.164. The molecule has 3 heteroatoms. The molecule has 0 saturated carbocycles. The molecule has 1 atom stereocenters. The van der Waals surface area contributed by atoms with Gasteiger partial charge in [0.1, 0.15) is 0 Å². The fourth-order valence-electron chi connectivity index (χ4n) is 1.40. The van der Waals surface area contributed by atoms with Crippen molar-refractivity contribution in [2.45, 2.75) is 32.3 Å². The number of terminal acetylenes is 1.